The molecule has 3 rings (SSSR count). The van der Waals surface area contributed by atoms with Gasteiger partial charge in [-0.15, -0.1) is 0 Å². The van der Waals surface area contributed by atoms with Crippen LogP contribution in [0.1, 0.15) is 25.3 Å². The highest BCUT2D eigenvalue weighted by Gasteiger charge is 2.44. The Kier molecular flexibility index (Phi) is 3.68. The highest BCUT2D eigenvalue weighted by atomic mass is 16.5. The van der Waals surface area contributed by atoms with Gasteiger partial charge in [0.2, 0.25) is 0 Å². The van der Waals surface area contributed by atoms with Gasteiger partial charge in [0.15, 0.2) is 0 Å². The van der Waals surface area contributed by atoms with Gasteiger partial charge in [-0.1, -0.05) is 0 Å². The van der Waals surface area contributed by atoms with Gasteiger partial charge in [0.1, 0.15) is 6.10 Å². The van der Waals surface area contributed by atoms with Gasteiger partial charge in [0.25, 0.3) is 0 Å². The van der Waals surface area contributed by atoms with Crippen molar-refractivity contribution in [1.82, 2.24) is 4.90 Å². The summed E-state index contributed by atoms with van der Waals surface area (Å²) in [6, 6.07) is 2.54. The summed E-state index contributed by atoms with van der Waals surface area (Å²) in [5.41, 5.74) is 1.23. The van der Waals surface area contributed by atoms with Crippen molar-refractivity contribution in [2.45, 2.75) is 44.6 Å². The molecule has 18 heavy (non-hydrogen) atoms. The standard InChI is InChI=1S/C14H21NO3/c1-2-17-13-9-15(8-11-5-7-16-10-11)12-4-3-6-18-14(12)13/h5,7,10,12-14H,2-4,6,8-9H2,1H3/t12-,13+,14+/m0/s1. The summed E-state index contributed by atoms with van der Waals surface area (Å²) < 4.78 is 16.9. The predicted molar refractivity (Wildman–Crippen MR) is 67.3 cm³/mol. The van der Waals surface area contributed by atoms with Crippen molar-refractivity contribution < 1.29 is 13.9 Å². The van der Waals surface area contributed by atoms with Crippen LogP contribution in [0.15, 0.2) is 23.0 Å². The molecular formula is C14H21NO3. The third-order valence-electron chi connectivity index (χ3n) is 3.93. The van der Waals surface area contributed by atoms with Crippen molar-refractivity contribution in [2.24, 2.45) is 0 Å². The molecule has 0 saturated carbocycles. The zero-order valence-electron chi connectivity index (χ0n) is 10.9. The second-order valence-electron chi connectivity index (χ2n) is 5.10. The molecule has 0 amide bonds. The van der Waals surface area contributed by atoms with Gasteiger partial charge < -0.3 is 13.9 Å². The van der Waals surface area contributed by atoms with E-state index in [-0.39, 0.29) is 12.2 Å². The van der Waals surface area contributed by atoms with Gasteiger partial charge in [0, 0.05) is 37.9 Å². The Morgan fingerprint density at radius 1 is 1.50 bits per heavy atom. The largest absolute Gasteiger partial charge is 0.472 e. The highest BCUT2D eigenvalue weighted by Crippen LogP contribution is 2.31. The first kappa shape index (κ1) is 12.2. The fourth-order valence-electron chi connectivity index (χ4n) is 3.16. The molecular weight excluding hydrogens is 230 g/mol. The van der Waals surface area contributed by atoms with Crippen molar-refractivity contribution in [1.29, 1.82) is 0 Å². The van der Waals surface area contributed by atoms with E-state index in [1.54, 1.807) is 6.26 Å². The monoisotopic (exact) mass is 251 g/mol. The summed E-state index contributed by atoms with van der Waals surface area (Å²) >= 11 is 0. The van der Waals surface area contributed by atoms with E-state index in [9.17, 15) is 0 Å². The van der Waals surface area contributed by atoms with Crippen molar-refractivity contribution in [2.75, 3.05) is 19.8 Å². The van der Waals surface area contributed by atoms with Crippen LogP contribution in [0.25, 0.3) is 0 Å². The lowest BCUT2D eigenvalue weighted by Crippen LogP contribution is -2.41. The Hall–Kier alpha value is -0.840. The Balaban J connectivity index is 1.70. The Morgan fingerprint density at radius 3 is 3.22 bits per heavy atom. The number of likely N-dealkylation sites (tertiary alicyclic amines) is 1. The summed E-state index contributed by atoms with van der Waals surface area (Å²) in [4.78, 5) is 2.48. The van der Waals surface area contributed by atoms with Crippen molar-refractivity contribution in [3.05, 3.63) is 24.2 Å². The number of nitrogens with zero attached hydrogens (tertiary/aromatic N) is 1. The first-order chi connectivity index (χ1) is 8.88. The Morgan fingerprint density at radius 2 is 2.44 bits per heavy atom. The topological polar surface area (TPSA) is 34.8 Å². The number of fused-ring (bicyclic) bond motifs is 1. The van der Waals surface area contributed by atoms with Gasteiger partial charge in [-0.2, -0.15) is 0 Å². The van der Waals surface area contributed by atoms with Crippen LogP contribution in [0, 0.1) is 0 Å². The van der Waals surface area contributed by atoms with E-state index < -0.39 is 0 Å². The normalized spacial score (nSPS) is 32.6. The first-order valence-corrected chi connectivity index (χ1v) is 6.87. The van der Waals surface area contributed by atoms with Crippen LogP contribution in [0.5, 0.6) is 0 Å². The maximum atomic E-state index is 5.93. The molecule has 2 aliphatic rings. The molecule has 1 aromatic heterocycles. The van der Waals surface area contributed by atoms with Gasteiger partial charge >= 0.3 is 0 Å². The minimum absolute atomic E-state index is 0.229. The van der Waals surface area contributed by atoms with Gasteiger partial charge in [-0.05, 0) is 25.8 Å². The summed E-state index contributed by atoms with van der Waals surface area (Å²) in [6.07, 6.45) is 6.42. The first-order valence-electron chi connectivity index (χ1n) is 6.87. The molecule has 0 aliphatic carbocycles. The van der Waals surface area contributed by atoms with Crippen molar-refractivity contribution in [3.63, 3.8) is 0 Å². The lowest BCUT2D eigenvalue weighted by atomic mass is 10.0. The fourth-order valence-corrected chi connectivity index (χ4v) is 3.16. The number of ether oxygens (including phenoxy) is 2. The zero-order valence-corrected chi connectivity index (χ0v) is 10.9. The lowest BCUT2D eigenvalue weighted by Gasteiger charge is -2.32. The molecule has 4 heteroatoms. The molecule has 0 bridgehead atoms. The molecule has 2 aliphatic heterocycles. The van der Waals surface area contributed by atoms with E-state index in [2.05, 4.69) is 11.8 Å². The molecule has 0 unspecified atom stereocenters. The molecule has 0 spiro atoms. The van der Waals surface area contributed by atoms with E-state index in [0.717, 1.165) is 32.7 Å². The molecule has 4 nitrogen and oxygen atoms in total. The zero-order chi connectivity index (χ0) is 12.4. The van der Waals surface area contributed by atoms with Crippen LogP contribution in [-0.4, -0.2) is 42.9 Å². The van der Waals surface area contributed by atoms with Crippen molar-refractivity contribution in [3.8, 4) is 0 Å². The van der Waals surface area contributed by atoms with Crippen LogP contribution in [0.3, 0.4) is 0 Å². The maximum absolute atomic E-state index is 5.93. The van der Waals surface area contributed by atoms with E-state index >= 15 is 0 Å². The smallest absolute Gasteiger partial charge is 0.100 e. The van der Waals surface area contributed by atoms with Crippen LogP contribution >= 0.6 is 0 Å². The molecule has 1 aromatic rings. The Bertz CT molecular complexity index is 365. The van der Waals surface area contributed by atoms with Gasteiger partial charge in [-0.3, -0.25) is 4.90 Å². The number of rotatable bonds is 4. The molecule has 2 fully saturated rings. The Labute approximate surface area is 108 Å². The highest BCUT2D eigenvalue weighted by molar-refractivity contribution is 5.08. The van der Waals surface area contributed by atoms with E-state index in [1.807, 2.05) is 12.3 Å². The molecule has 0 radical (unpaired) electrons. The lowest BCUT2D eigenvalue weighted by molar-refractivity contribution is -0.0749. The molecule has 0 aromatic carbocycles. The minimum Gasteiger partial charge on any atom is -0.472 e. The summed E-state index contributed by atoms with van der Waals surface area (Å²) in [6.45, 7) is 5.59. The number of furan rings is 1. The SMILES string of the molecule is CCO[C@@H]1CN(Cc2ccoc2)[C@H]2CCCO[C@@H]12. The summed E-state index contributed by atoms with van der Waals surface area (Å²) in [5.74, 6) is 0. The van der Waals surface area contributed by atoms with Crippen LogP contribution in [-0.2, 0) is 16.0 Å². The second kappa shape index (κ2) is 5.43. The molecule has 3 atom stereocenters. The molecule has 3 heterocycles. The third kappa shape index (κ3) is 2.32. The van der Waals surface area contributed by atoms with Gasteiger partial charge in [0.05, 0.1) is 18.6 Å². The molecule has 100 valence electrons. The fraction of sp³-hybridized carbons (Fsp3) is 0.714. The quantitative estimate of drug-likeness (QED) is 0.820. The number of hydrogen-bond acceptors (Lipinski definition) is 4. The average molecular weight is 251 g/mol. The second-order valence-corrected chi connectivity index (χ2v) is 5.10. The molecule has 0 N–H and O–H groups in total. The molecule has 2 saturated heterocycles. The van der Waals surface area contributed by atoms with E-state index in [4.69, 9.17) is 13.9 Å². The van der Waals surface area contributed by atoms with E-state index in [1.165, 1.54) is 12.0 Å². The van der Waals surface area contributed by atoms with Crippen LogP contribution in [0.2, 0.25) is 0 Å². The summed E-state index contributed by atoms with van der Waals surface area (Å²) in [7, 11) is 0. The summed E-state index contributed by atoms with van der Waals surface area (Å²) in [5, 5.41) is 0. The van der Waals surface area contributed by atoms with Crippen LogP contribution in [0.4, 0.5) is 0 Å². The third-order valence-corrected chi connectivity index (χ3v) is 3.93. The van der Waals surface area contributed by atoms with Gasteiger partial charge in [-0.25, -0.2) is 0 Å². The van der Waals surface area contributed by atoms with Crippen LogP contribution < -0.4 is 0 Å². The minimum atomic E-state index is 0.229. The number of hydrogen-bond donors (Lipinski definition) is 0. The maximum Gasteiger partial charge on any atom is 0.100 e. The average Bonchev–Trinajstić information content (AvgIpc) is 3.00. The van der Waals surface area contributed by atoms with Crippen molar-refractivity contribution >= 4 is 0 Å². The predicted octanol–water partition coefficient (Wildman–Crippen LogP) is 2.05. The van der Waals surface area contributed by atoms with E-state index in [0.29, 0.717) is 6.04 Å².